The highest BCUT2D eigenvalue weighted by molar-refractivity contribution is 5.85. The lowest BCUT2D eigenvalue weighted by molar-refractivity contribution is -0.252. The third kappa shape index (κ3) is 3.34. The van der Waals surface area contributed by atoms with Crippen LogP contribution in [0.15, 0.2) is 0 Å². The molecular formula is C32H52O3. The van der Waals surface area contributed by atoms with Crippen molar-refractivity contribution in [1.29, 1.82) is 0 Å². The Balaban J connectivity index is 1.54. The molecule has 0 spiro atoms. The summed E-state index contributed by atoms with van der Waals surface area (Å²) in [5.74, 6) is 1.96. The molecule has 5 saturated carbocycles. The quantitative estimate of drug-likeness (QED) is 0.354. The molecule has 0 N–H and O–H groups in total. The summed E-state index contributed by atoms with van der Waals surface area (Å²) in [4.78, 5) is 26.2. The largest absolute Gasteiger partial charge is 0.462 e. The van der Waals surface area contributed by atoms with Crippen LogP contribution in [-0.2, 0) is 14.3 Å². The van der Waals surface area contributed by atoms with Gasteiger partial charge in [0.15, 0.2) is 0 Å². The van der Waals surface area contributed by atoms with Gasteiger partial charge < -0.3 is 4.74 Å². The van der Waals surface area contributed by atoms with Gasteiger partial charge in [-0.2, -0.15) is 0 Å². The van der Waals surface area contributed by atoms with Crippen LogP contribution < -0.4 is 0 Å². The van der Waals surface area contributed by atoms with Crippen molar-refractivity contribution in [3.05, 3.63) is 0 Å². The maximum absolute atomic E-state index is 14.4. The van der Waals surface area contributed by atoms with E-state index in [1.165, 1.54) is 51.9 Å². The highest BCUT2D eigenvalue weighted by atomic mass is 16.5. The molecule has 0 amide bonds. The number of hydrogen-bond acceptors (Lipinski definition) is 3. The molecule has 5 rings (SSSR count). The predicted octanol–water partition coefficient (Wildman–Crippen LogP) is 8.00. The molecular weight excluding hydrogens is 432 g/mol. The number of fused-ring (bicyclic) bond motifs is 7. The third-order valence-electron chi connectivity index (χ3n) is 13.9. The molecule has 0 aromatic heterocycles. The Morgan fingerprint density at radius 3 is 2.09 bits per heavy atom. The second kappa shape index (κ2) is 7.59. The number of rotatable bonds is 1. The van der Waals surface area contributed by atoms with Crippen molar-refractivity contribution in [3.63, 3.8) is 0 Å². The van der Waals surface area contributed by atoms with E-state index < -0.39 is 0 Å². The smallest absolute Gasteiger partial charge is 0.302 e. The first-order valence-electron chi connectivity index (χ1n) is 14.7. The first-order chi connectivity index (χ1) is 16.0. The number of carbonyl (C=O) groups is 2. The van der Waals surface area contributed by atoms with Crippen LogP contribution in [0.5, 0.6) is 0 Å². The Morgan fingerprint density at radius 2 is 1.43 bits per heavy atom. The summed E-state index contributed by atoms with van der Waals surface area (Å²) in [6.07, 6.45) is 11.6. The fourth-order valence-electron chi connectivity index (χ4n) is 11.5. The van der Waals surface area contributed by atoms with Crippen molar-refractivity contribution in [3.8, 4) is 0 Å². The number of ketones is 1. The summed E-state index contributed by atoms with van der Waals surface area (Å²) in [5.41, 5.74) is 1.11. The van der Waals surface area contributed by atoms with Crippen LogP contribution in [0, 0.1) is 56.2 Å². The van der Waals surface area contributed by atoms with Crippen LogP contribution in [0.1, 0.15) is 127 Å². The molecule has 5 aliphatic rings. The number of carbonyl (C=O) groups excluding carboxylic acids is 2. The molecule has 0 saturated heterocycles. The minimum atomic E-state index is -0.184. The molecule has 0 unspecified atom stereocenters. The van der Waals surface area contributed by atoms with Crippen LogP contribution in [0.2, 0.25) is 0 Å². The highest BCUT2D eigenvalue weighted by Gasteiger charge is 2.73. The zero-order valence-corrected chi connectivity index (χ0v) is 24.2. The van der Waals surface area contributed by atoms with Gasteiger partial charge in [0.05, 0.1) is 0 Å². The fraction of sp³-hybridized carbons (Fsp3) is 0.938. The van der Waals surface area contributed by atoms with Crippen molar-refractivity contribution in [1.82, 2.24) is 0 Å². The van der Waals surface area contributed by atoms with Crippen LogP contribution in [0.4, 0.5) is 0 Å². The Labute approximate surface area is 214 Å². The summed E-state index contributed by atoms with van der Waals surface area (Å²) in [6, 6.07) is 0. The van der Waals surface area contributed by atoms with Crippen molar-refractivity contribution in [2.45, 2.75) is 133 Å². The van der Waals surface area contributed by atoms with Gasteiger partial charge in [0.2, 0.25) is 0 Å². The minimum absolute atomic E-state index is 0.0473. The van der Waals surface area contributed by atoms with Crippen LogP contribution >= 0.6 is 0 Å². The maximum Gasteiger partial charge on any atom is 0.302 e. The van der Waals surface area contributed by atoms with Gasteiger partial charge >= 0.3 is 5.97 Å². The molecule has 5 fully saturated rings. The van der Waals surface area contributed by atoms with Gasteiger partial charge in [0.25, 0.3) is 0 Å². The van der Waals surface area contributed by atoms with Gasteiger partial charge in [-0.3, -0.25) is 9.59 Å². The maximum atomic E-state index is 14.4. The fourth-order valence-corrected chi connectivity index (χ4v) is 11.5. The molecule has 0 radical (unpaired) electrons. The van der Waals surface area contributed by atoms with Gasteiger partial charge in [-0.05, 0) is 108 Å². The third-order valence-corrected chi connectivity index (χ3v) is 13.9. The summed E-state index contributed by atoms with van der Waals surface area (Å²) >= 11 is 0. The van der Waals surface area contributed by atoms with E-state index in [4.69, 9.17) is 4.74 Å². The molecule has 3 nitrogen and oxygen atoms in total. The molecule has 3 heteroatoms. The van der Waals surface area contributed by atoms with E-state index in [0.717, 1.165) is 12.8 Å². The first kappa shape index (κ1) is 25.8. The second-order valence-corrected chi connectivity index (χ2v) is 16.1. The monoisotopic (exact) mass is 484 g/mol. The summed E-state index contributed by atoms with van der Waals surface area (Å²) in [6.45, 7) is 21.3. The molecule has 35 heavy (non-hydrogen) atoms. The van der Waals surface area contributed by atoms with Crippen molar-refractivity contribution >= 4 is 11.8 Å². The number of Topliss-reactive ketones (excluding diaryl/α,β-unsaturated/α-hetero) is 1. The first-order valence-corrected chi connectivity index (χ1v) is 14.7. The molecule has 0 bridgehead atoms. The van der Waals surface area contributed by atoms with Crippen molar-refractivity contribution < 1.29 is 14.3 Å². The van der Waals surface area contributed by atoms with E-state index in [9.17, 15) is 9.59 Å². The van der Waals surface area contributed by atoms with Gasteiger partial charge in [0.1, 0.15) is 11.9 Å². The number of ether oxygens (including phenoxy) is 1. The molecule has 0 heterocycles. The van der Waals surface area contributed by atoms with E-state index in [0.29, 0.717) is 34.9 Å². The lowest BCUT2D eigenvalue weighted by Crippen LogP contribution is -2.70. The average Bonchev–Trinajstić information content (AvgIpc) is 2.74. The van der Waals surface area contributed by atoms with Crippen LogP contribution in [-0.4, -0.2) is 17.9 Å². The van der Waals surface area contributed by atoms with Gasteiger partial charge in [0, 0.05) is 19.3 Å². The van der Waals surface area contributed by atoms with Crippen LogP contribution in [0.3, 0.4) is 0 Å². The van der Waals surface area contributed by atoms with E-state index in [-0.39, 0.29) is 45.6 Å². The van der Waals surface area contributed by atoms with Crippen molar-refractivity contribution in [2.24, 2.45) is 56.2 Å². The Hall–Kier alpha value is -0.860. The minimum Gasteiger partial charge on any atom is -0.462 e. The van der Waals surface area contributed by atoms with E-state index >= 15 is 0 Å². The molecule has 0 aliphatic heterocycles. The lowest BCUT2D eigenvalue weighted by atomic mass is 9.30. The average molecular weight is 485 g/mol. The second-order valence-electron chi connectivity index (χ2n) is 16.1. The topological polar surface area (TPSA) is 43.4 Å². The Morgan fingerprint density at radius 1 is 0.800 bits per heavy atom. The summed E-state index contributed by atoms with van der Waals surface area (Å²) < 4.78 is 5.78. The van der Waals surface area contributed by atoms with E-state index in [1.807, 2.05) is 0 Å². The van der Waals surface area contributed by atoms with Gasteiger partial charge in [-0.15, -0.1) is 0 Å². The predicted molar refractivity (Wildman–Crippen MR) is 141 cm³/mol. The van der Waals surface area contributed by atoms with Gasteiger partial charge in [-0.1, -0.05) is 55.4 Å². The molecule has 198 valence electrons. The number of esters is 1. The summed E-state index contributed by atoms with van der Waals surface area (Å²) in [7, 11) is 0. The molecule has 0 aromatic rings. The SMILES string of the molecule is CC(=O)O[C@@H]1CC[C@@H]2[C@](C)(CC(=O)[C@H]3[C@@]2(C)CC[C@@]2(C)[C@@H]4CC(C)(C)CC[C@]4(C)CC[C@]32C)[C@H]1C. The van der Waals surface area contributed by atoms with Crippen LogP contribution in [0.25, 0.3) is 0 Å². The zero-order valence-electron chi connectivity index (χ0n) is 24.2. The Bertz CT molecular complexity index is 922. The van der Waals surface area contributed by atoms with E-state index in [2.05, 4.69) is 55.4 Å². The molecule has 5 aliphatic carbocycles. The van der Waals surface area contributed by atoms with E-state index in [1.54, 1.807) is 0 Å². The van der Waals surface area contributed by atoms with Gasteiger partial charge in [-0.25, -0.2) is 0 Å². The van der Waals surface area contributed by atoms with Crippen molar-refractivity contribution in [2.75, 3.05) is 0 Å². The Kier molecular flexibility index (Phi) is 5.59. The normalized spacial score (nSPS) is 55.1. The standard InChI is InChI=1S/C32H52O3/c1-20-23(35-21(2)33)10-11-24-29(6)15-17-31(8)25-19-27(3,4)12-13-28(25,5)14-16-32(31,9)26(29)22(34)18-30(20,24)7/h20,23-26H,10-19H2,1-9H3/t20-,23+,24-,25+,26-,28+,29-,30+,31-,32+/m0/s1. The number of hydrogen-bond donors (Lipinski definition) is 0. The summed E-state index contributed by atoms with van der Waals surface area (Å²) in [5, 5.41) is 0. The lowest BCUT2D eigenvalue weighted by Gasteiger charge is -2.74. The molecule has 0 aromatic carbocycles. The highest BCUT2D eigenvalue weighted by Crippen LogP contribution is 2.77. The zero-order chi connectivity index (χ0) is 25.8. The molecule has 10 atom stereocenters.